The van der Waals surface area contributed by atoms with Gasteiger partial charge in [0.25, 0.3) is 0 Å². The number of benzene rings is 1. The highest BCUT2D eigenvalue weighted by atomic mass is 19.4. The van der Waals surface area contributed by atoms with Gasteiger partial charge in [0.1, 0.15) is 22.7 Å². The summed E-state index contributed by atoms with van der Waals surface area (Å²) in [5, 5.41) is 15.2. The van der Waals surface area contributed by atoms with E-state index in [1.54, 1.807) is 41.5 Å². The number of carbonyl (C=O) groups is 2. The van der Waals surface area contributed by atoms with Gasteiger partial charge in [-0.2, -0.15) is 13.2 Å². The number of imidazole rings is 1. The van der Waals surface area contributed by atoms with E-state index in [1.807, 2.05) is 0 Å². The molecule has 1 unspecified atom stereocenters. The van der Waals surface area contributed by atoms with Gasteiger partial charge in [-0.1, -0.05) is 6.07 Å². The fourth-order valence-electron chi connectivity index (χ4n) is 4.37. The number of β-amino-alcohol motifs (C(OH)–C–C–N with tert-alkyl or cyclic N) is 1. The van der Waals surface area contributed by atoms with E-state index in [0.717, 1.165) is 23.1 Å². The number of nitrogens with zero attached hydrogens (tertiary/aromatic N) is 5. The lowest BCUT2D eigenvalue weighted by molar-refractivity contribution is -0.172. The maximum Gasteiger partial charge on any atom is 0.435 e. The maximum atomic E-state index is 14.3. The summed E-state index contributed by atoms with van der Waals surface area (Å²) >= 11 is 0. The molecule has 1 saturated heterocycles. The molecule has 1 aliphatic heterocycles. The van der Waals surface area contributed by atoms with Gasteiger partial charge in [0, 0.05) is 19.0 Å². The Labute approximate surface area is 244 Å². The summed E-state index contributed by atoms with van der Waals surface area (Å²) in [6.07, 6.45) is -5.90. The quantitative estimate of drug-likeness (QED) is 0.280. The van der Waals surface area contributed by atoms with Crippen molar-refractivity contribution >= 4 is 29.2 Å². The van der Waals surface area contributed by atoms with E-state index >= 15 is 0 Å². The largest absolute Gasteiger partial charge is 0.444 e. The molecule has 0 aliphatic carbocycles. The summed E-state index contributed by atoms with van der Waals surface area (Å²) in [6.45, 7) is 9.63. The molecule has 1 aromatic carbocycles. The molecule has 15 heteroatoms. The zero-order valence-electron chi connectivity index (χ0n) is 24.5. The van der Waals surface area contributed by atoms with Crippen LogP contribution in [0.3, 0.4) is 0 Å². The molecule has 0 bridgehead atoms. The summed E-state index contributed by atoms with van der Waals surface area (Å²) in [6, 6.07) is 5.86. The molecule has 11 nitrogen and oxygen atoms in total. The lowest BCUT2D eigenvalue weighted by Gasteiger charge is -2.39. The molecule has 1 N–H and O–H groups in total. The number of anilines is 2. The highest BCUT2D eigenvalue weighted by Crippen LogP contribution is 2.38. The van der Waals surface area contributed by atoms with Crippen molar-refractivity contribution in [2.75, 3.05) is 18.0 Å². The second kappa shape index (κ2) is 11.2. The maximum absolute atomic E-state index is 14.3. The molecule has 2 aromatic heterocycles. The zero-order chi connectivity index (χ0) is 32.0. The van der Waals surface area contributed by atoms with Crippen molar-refractivity contribution in [3.05, 3.63) is 48.0 Å². The first-order chi connectivity index (χ1) is 19.7. The van der Waals surface area contributed by atoms with Crippen LogP contribution in [0.4, 0.5) is 38.5 Å². The monoisotopic (exact) mass is 611 g/mol. The van der Waals surface area contributed by atoms with Gasteiger partial charge < -0.3 is 24.2 Å². The number of aromatic nitrogens is 3. The number of likely N-dealkylation sites (tertiary alicyclic amines) is 1. The van der Waals surface area contributed by atoms with Gasteiger partial charge >= 0.3 is 18.4 Å². The van der Waals surface area contributed by atoms with Crippen molar-refractivity contribution in [3.63, 3.8) is 0 Å². The smallest absolute Gasteiger partial charge is 0.435 e. The van der Waals surface area contributed by atoms with Gasteiger partial charge in [-0.3, -0.25) is 0 Å². The number of alkyl halides is 3. The van der Waals surface area contributed by atoms with E-state index in [2.05, 4.69) is 10.1 Å². The van der Waals surface area contributed by atoms with E-state index in [0.29, 0.717) is 10.7 Å². The van der Waals surface area contributed by atoms with Gasteiger partial charge in [-0.15, -0.1) is 5.10 Å². The van der Waals surface area contributed by atoms with Crippen LogP contribution in [-0.4, -0.2) is 66.9 Å². The first kappa shape index (κ1) is 31.8. The molecule has 3 aromatic rings. The molecular weight excluding hydrogens is 578 g/mol. The molecule has 1 atom stereocenters. The molecule has 0 radical (unpaired) electrons. The molecule has 0 spiro atoms. The average Bonchev–Trinajstić information content (AvgIpc) is 3.26. The summed E-state index contributed by atoms with van der Waals surface area (Å²) in [7, 11) is 0. The van der Waals surface area contributed by atoms with Crippen molar-refractivity contribution in [1.29, 1.82) is 0 Å². The van der Waals surface area contributed by atoms with Crippen molar-refractivity contribution in [2.24, 2.45) is 0 Å². The molecule has 0 saturated carbocycles. The van der Waals surface area contributed by atoms with Crippen LogP contribution in [0.25, 0.3) is 5.65 Å². The number of aliphatic hydroxyl groups is 1. The summed E-state index contributed by atoms with van der Waals surface area (Å²) in [4.78, 5) is 32.0. The minimum absolute atomic E-state index is 0.00290. The number of carbonyl (C=O) groups excluding carboxylic acids is 2. The van der Waals surface area contributed by atoms with Crippen molar-refractivity contribution in [1.82, 2.24) is 19.5 Å². The second-order valence-electron chi connectivity index (χ2n) is 12.1. The first-order valence-electron chi connectivity index (χ1n) is 13.4. The lowest BCUT2D eigenvalue weighted by Crippen LogP contribution is -2.54. The highest BCUT2D eigenvalue weighted by molar-refractivity contribution is 6.00. The van der Waals surface area contributed by atoms with Crippen LogP contribution in [0.1, 0.15) is 60.1 Å². The minimum Gasteiger partial charge on any atom is -0.444 e. The SMILES string of the molecule is CC(C)(C)OC(=O)N1CCCC(O)(Oc2cc(N(C(=O)OC(C)(C)C)c3cccc(F)c3)c3ncc(C(F)(F)F)n3n2)C1. The molecule has 2 amide bonds. The Hall–Kier alpha value is -4.14. The molecule has 43 heavy (non-hydrogen) atoms. The first-order valence-corrected chi connectivity index (χ1v) is 13.4. The number of hydrogen-bond donors (Lipinski definition) is 1. The number of piperidine rings is 1. The van der Waals surface area contributed by atoms with Gasteiger partial charge in [-0.05, 0) is 66.2 Å². The van der Waals surface area contributed by atoms with E-state index in [-0.39, 0.29) is 37.3 Å². The fraction of sp³-hybridized carbons (Fsp3) is 0.500. The minimum atomic E-state index is -4.92. The Balaban J connectivity index is 1.84. The topological polar surface area (TPSA) is 119 Å². The van der Waals surface area contributed by atoms with Crippen LogP contribution in [0.2, 0.25) is 0 Å². The van der Waals surface area contributed by atoms with Crippen LogP contribution >= 0.6 is 0 Å². The van der Waals surface area contributed by atoms with Crippen LogP contribution in [0.5, 0.6) is 5.88 Å². The highest BCUT2D eigenvalue weighted by Gasteiger charge is 2.41. The summed E-state index contributed by atoms with van der Waals surface area (Å²) in [5.41, 5.74) is -3.97. The van der Waals surface area contributed by atoms with E-state index in [1.165, 1.54) is 17.0 Å². The Morgan fingerprint density at radius 1 is 1.05 bits per heavy atom. The Morgan fingerprint density at radius 3 is 2.33 bits per heavy atom. The third-order valence-electron chi connectivity index (χ3n) is 5.98. The lowest BCUT2D eigenvalue weighted by atomic mass is 10.1. The Kier molecular flexibility index (Phi) is 8.26. The van der Waals surface area contributed by atoms with Crippen molar-refractivity contribution < 1.29 is 46.5 Å². The predicted octanol–water partition coefficient (Wildman–Crippen LogP) is 6.06. The number of halogens is 4. The number of amides is 2. The average molecular weight is 612 g/mol. The summed E-state index contributed by atoms with van der Waals surface area (Å²) in [5.74, 6) is -3.35. The van der Waals surface area contributed by atoms with Crippen molar-refractivity contribution in [3.8, 4) is 5.88 Å². The Morgan fingerprint density at radius 2 is 1.72 bits per heavy atom. The zero-order valence-corrected chi connectivity index (χ0v) is 24.5. The third-order valence-corrected chi connectivity index (χ3v) is 5.98. The van der Waals surface area contributed by atoms with Gasteiger partial charge in [0.05, 0.1) is 18.4 Å². The van der Waals surface area contributed by atoms with Crippen LogP contribution in [0.15, 0.2) is 36.5 Å². The summed E-state index contributed by atoms with van der Waals surface area (Å²) < 4.78 is 73.3. The van der Waals surface area contributed by atoms with E-state index in [4.69, 9.17) is 14.2 Å². The Bertz CT molecular complexity index is 1510. The van der Waals surface area contributed by atoms with Crippen molar-refractivity contribution in [2.45, 2.75) is 77.5 Å². The standard InChI is InChI=1S/C28H33F4N5O6/c1-25(2,3)42-23(38)35-12-8-11-27(40,16-35)41-21-14-19(22-33-15-20(28(30,31)32)37(22)34-21)36(24(39)43-26(4,5)6)18-10-7-9-17(29)13-18/h7,9-10,13-15,40H,8,11-12,16H2,1-6H3. The number of ether oxygens (including phenoxy) is 3. The van der Waals surface area contributed by atoms with Gasteiger partial charge in [0.15, 0.2) is 11.3 Å². The van der Waals surface area contributed by atoms with E-state index in [9.17, 15) is 32.3 Å². The molecule has 4 rings (SSSR count). The third kappa shape index (κ3) is 7.63. The van der Waals surface area contributed by atoms with Gasteiger partial charge in [-0.25, -0.2) is 28.4 Å². The number of hydrogen-bond acceptors (Lipinski definition) is 8. The van der Waals surface area contributed by atoms with E-state index < -0.39 is 58.4 Å². The number of fused-ring (bicyclic) bond motifs is 1. The fourth-order valence-corrected chi connectivity index (χ4v) is 4.37. The van der Waals surface area contributed by atoms with Gasteiger partial charge in [0.2, 0.25) is 11.7 Å². The van der Waals surface area contributed by atoms with Crippen LogP contribution < -0.4 is 9.64 Å². The molecule has 1 aliphatic rings. The normalized spacial score (nSPS) is 18.0. The van der Waals surface area contributed by atoms with Crippen LogP contribution in [0, 0.1) is 5.82 Å². The molecule has 1 fully saturated rings. The van der Waals surface area contributed by atoms with Crippen LogP contribution in [-0.2, 0) is 15.7 Å². The second-order valence-corrected chi connectivity index (χ2v) is 12.1. The molecular formula is C28H33F4N5O6. The predicted molar refractivity (Wildman–Crippen MR) is 145 cm³/mol. The molecule has 234 valence electrons. The molecule has 3 heterocycles. The number of rotatable bonds is 4.